The first kappa shape index (κ1) is 12.9. The SMILES string of the molecule is O=C(Nc1ccc(Cl)c(Br)c1)c1ccc(=O)oc1. The van der Waals surface area contributed by atoms with Crippen molar-refractivity contribution in [2.45, 2.75) is 0 Å². The molecule has 0 radical (unpaired) electrons. The Kier molecular flexibility index (Phi) is 3.84. The van der Waals surface area contributed by atoms with Crippen molar-refractivity contribution in [1.29, 1.82) is 0 Å². The lowest BCUT2D eigenvalue weighted by Gasteiger charge is -2.05. The molecule has 1 aromatic carbocycles. The van der Waals surface area contributed by atoms with Gasteiger partial charge in [0, 0.05) is 16.2 Å². The van der Waals surface area contributed by atoms with Crippen molar-refractivity contribution in [3.63, 3.8) is 0 Å². The molecular weight excluding hydrogens is 321 g/mol. The van der Waals surface area contributed by atoms with Crippen molar-refractivity contribution < 1.29 is 9.21 Å². The van der Waals surface area contributed by atoms with E-state index in [0.717, 1.165) is 6.26 Å². The molecule has 2 rings (SSSR count). The van der Waals surface area contributed by atoms with Gasteiger partial charge in [-0.3, -0.25) is 4.79 Å². The van der Waals surface area contributed by atoms with Crippen LogP contribution >= 0.6 is 27.5 Å². The zero-order chi connectivity index (χ0) is 13.1. The summed E-state index contributed by atoms with van der Waals surface area (Å²) in [5.74, 6) is -0.368. The summed E-state index contributed by atoms with van der Waals surface area (Å²) in [5.41, 5.74) is 0.351. The van der Waals surface area contributed by atoms with E-state index in [1.807, 2.05) is 0 Å². The molecule has 6 heteroatoms. The molecule has 0 aliphatic rings. The molecule has 4 nitrogen and oxygen atoms in total. The molecule has 0 fully saturated rings. The van der Waals surface area contributed by atoms with E-state index in [9.17, 15) is 9.59 Å². The molecule has 0 atom stereocenters. The van der Waals surface area contributed by atoms with E-state index in [0.29, 0.717) is 15.2 Å². The van der Waals surface area contributed by atoms with E-state index in [4.69, 9.17) is 11.6 Å². The molecule has 0 aliphatic heterocycles. The highest BCUT2D eigenvalue weighted by Gasteiger charge is 2.07. The van der Waals surface area contributed by atoms with Crippen molar-refractivity contribution >= 4 is 39.1 Å². The molecule has 2 aromatic rings. The number of nitrogens with one attached hydrogen (secondary N) is 1. The fourth-order valence-electron chi connectivity index (χ4n) is 1.26. The zero-order valence-corrected chi connectivity index (χ0v) is 11.3. The van der Waals surface area contributed by atoms with Crippen molar-refractivity contribution in [2.24, 2.45) is 0 Å². The first-order valence-corrected chi connectivity index (χ1v) is 6.08. The average Bonchev–Trinajstić information content (AvgIpc) is 2.34. The standard InChI is InChI=1S/C12H7BrClNO3/c13-9-5-8(2-3-10(9)14)15-12(17)7-1-4-11(16)18-6-7/h1-6H,(H,15,17). The van der Waals surface area contributed by atoms with E-state index in [2.05, 4.69) is 25.7 Å². The molecule has 92 valence electrons. The molecule has 0 unspecified atom stereocenters. The monoisotopic (exact) mass is 327 g/mol. The Morgan fingerprint density at radius 3 is 2.67 bits per heavy atom. The first-order chi connectivity index (χ1) is 8.56. The summed E-state index contributed by atoms with van der Waals surface area (Å²) in [6, 6.07) is 7.59. The van der Waals surface area contributed by atoms with Gasteiger partial charge in [-0.25, -0.2) is 4.79 Å². The summed E-state index contributed by atoms with van der Waals surface area (Å²) < 4.78 is 5.30. The predicted molar refractivity (Wildman–Crippen MR) is 72.1 cm³/mol. The lowest BCUT2D eigenvalue weighted by atomic mass is 10.2. The molecular formula is C12H7BrClNO3. The minimum Gasteiger partial charge on any atom is -0.430 e. The van der Waals surface area contributed by atoms with E-state index in [1.165, 1.54) is 12.1 Å². The van der Waals surface area contributed by atoms with Gasteiger partial charge in [0.1, 0.15) is 6.26 Å². The Labute approximate surface area is 116 Å². The third-order valence-electron chi connectivity index (χ3n) is 2.14. The van der Waals surface area contributed by atoms with Crippen LogP contribution in [0.5, 0.6) is 0 Å². The van der Waals surface area contributed by atoms with Crippen LogP contribution in [0.25, 0.3) is 0 Å². The highest BCUT2D eigenvalue weighted by Crippen LogP contribution is 2.25. The molecule has 0 spiro atoms. The highest BCUT2D eigenvalue weighted by molar-refractivity contribution is 9.10. The summed E-state index contributed by atoms with van der Waals surface area (Å²) in [6.07, 6.45) is 1.11. The van der Waals surface area contributed by atoms with Crippen LogP contribution in [0.15, 0.2) is 50.3 Å². The van der Waals surface area contributed by atoms with Crippen LogP contribution in [-0.2, 0) is 0 Å². The molecule has 1 heterocycles. The van der Waals surface area contributed by atoms with Crippen LogP contribution in [0.2, 0.25) is 5.02 Å². The maximum absolute atomic E-state index is 11.8. The number of amides is 1. The Morgan fingerprint density at radius 1 is 1.28 bits per heavy atom. The quantitative estimate of drug-likeness (QED) is 0.920. The average molecular weight is 329 g/mol. The number of carbonyl (C=O) groups excluding carboxylic acids is 1. The molecule has 0 saturated carbocycles. The number of rotatable bonds is 2. The van der Waals surface area contributed by atoms with E-state index in [-0.39, 0.29) is 11.5 Å². The topological polar surface area (TPSA) is 59.3 Å². The lowest BCUT2D eigenvalue weighted by molar-refractivity contribution is 0.102. The third-order valence-corrected chi connectivity index (χ3v) is 3.35. The maximum atomic E-state index is 11.8. The van der Waals surface area contributed by atoms with Gasteiger partial charge in [-0.15, -0.1) is 0 Å². The summed E-state index contributed by atoms with van der Waals surface area (Å²) in [5, 5.41) is 3.21. The van der Waals surface area contributed by atoms with Gasteiger partial charge in [-0.1, -0.05) is 11.6 Å². The van der Waals surface area contributed by atoms with Gasteiger partial charge in [0.2, 0.25) is 0 Å². The molecule has 1 N–H and O–H groups in total. The Balaban J connectivity index is 2.18. The molecule has 18 heavy (non-hydrogen) atoms. The molecule has 0 saturated heterocycles. The Bertz CT molecular complexity index is 634. The van der Waals surface area contributed by atoms with Crippen molar-refractivity contribution in [3.05, 3.63) is 62.1 Å². The summed E-state index contributed by atoms with van der Waals surface area (Å²) in [4.78, 5) is 22.6. The highest BCUT2D eigenvalue weighted by atomic mass is 79.9. The number of halogens is 2. The van der Waals surface area contributed by atoms with Gasteiger partial charge >= 0.3 is 5.63 Å². The van der Waals surface area contributed by atoms with Crippen LogP contribution in [-0.4, -0.2) is 5.91 Å². The first-order valence-electron chi connectivity index (χ1n) is 4.91. The zero-order valence-electron chi connectivity index (χ0n) is 8.94. The van der Waals surface area contributed by atoms with Gasteiger partial charge in [0.05, 0.1) is 10.6 Å². The summed E-state index contributed by atoms with van der Waals surface area (Å²) in [6.45, 7) is 0. The molecule has 0 aliphatic carbocycles. The van der Waals surface area contributed by atoms with E-state index >= 15 is 0 Å². The summed E-state index contributed by atoms with van der Waals surface area (Å²) >= 11 is 9.10. The number of carbonyl (C=O) groups is 1. The lowest BCUT2D eigenvalue weighted by Crippen LogP contribution is -2.12. The van der Waals surface area contributed by atoms with Gasteiger partial charge in [0.15, 0.2) is 0 Å². The van der Waals surface area contributed by atoms with Crippen molar-refractivity contribution in [3.8, 4) is 0 Å². The Hall–Kier alpha value is -1.59. The van der Waals surface area contributed by atoms with Crippen LogP contribution in [0.3, 0.4) is 0 Å². The number of anilines is 1. The fraction of sp³-hybridized carbons (Fsp3) is 0. The van der Waals surface area contributed by atoms with Gasteiger partial charge in [-0.05, 0) is 40.2 Å². The molecule has 1 amide bonds. The summed E-state index contributed by atoms with van der Waals surface area (Å²) in [7, 11) is 0. The van der Waals surface area contributed by atoms with Gasteiger partial charge in [-0.2, -0.15) is 0 Å². The second kappa shape index (κ2) is 5.37. The number of hydrogen-bond acceptors (Lipinski definition) is 3. The van der Waals surface area contributed by atoms with Crippen LogP contribution < -0.4 is 10.9 Å². The Morgan fingerprint density at radius 2 is 2.06 bits per heavy atom. The van der Waals surface area contributed by atoms with Crippen LogP contribution in [0, 0.1) is 0 Å². The molecule has 1 aromatic heterocycles. The van der Waals surface area contributed by atoms with Gasteiger partial charge < -0.3 is 9.73 Å². The third kappa shape index (κ3) is 3.00. The van der Waals surface area contributed by atoms with Gasteiger partial charge in [0.25, 0.3) is 5.91 Å². The van der Waals surface area contributed by atoms with Crippen LogP contribution in [0.1, 0.15) is 10.4 Å². The second-order valence-electron chi connectivity index (χ2n) is 3.43. The minimum absolute atomic E-state index is 0.265. The van der Waals surface area contributed by atoms with E-state index < -0.39 is 5.63 Å². The maximum Gasteiger partial charge on any atom is 0.335 e. The smallest absolute Gasteiger partial charge is 0.335 e. The second-order valence-corrected chi connectivity index (χ2v) is 4.69. The fourth-order valence-corrected chi connectivity index (χ4v) is 1.76. The largest absolute Gasteiger partial charge is 0.430 e. The van der Waals surface area contributed by atoms with Crippen LogP contribution in [0.4, 0.5) is 5.69 Å². The number of benzene rings is 1. The number of hydrogen-bond donors (Lipinski definition) is 1. The molecule has 0 bridgehead atoms. The predicted octanol–water partition coefficient (Wildman–Crippen LogP) is 3.31. The minimum atomic E-state index is -0.499. The van der Waals surface area contributed by atoms with Crippen molar-refractivity contribution in [1.82, 2.24) is 0 Å². The normalized spacial score (nSPS) is 10.1. The van der Waals surface area contributed by atoms with E-state index in [1.54, 1.807) is 18.2 Å². The van der Waals surface area contributed by atoms with Crippen molar-refractivity contribution in [2.75, 3.05) is 5.32 Å².